The molecular weight excluding hydrogens is 398 g/mol. The number of hydrogen-bond acceptors (Lipinski definition) is 7. The number of carbonyl (C=O) groups is 1. The number of methoxy groups -OCH3 is 2. The number of aliphatic carboxylic acids is 1. The van der Waals surface area contributed by atoms with Crippen molar-refractivity contribution in [2.24, 2.45) is 0 Å². The highest BCUT2D eigenvalue weighted by Crippen LogP contribution is 2.33. The van der Waals surface area contributed by atoms with E-state index in [0.717, 1.165) is 4.31 Å². The Morgan fingerprint density at radius 1 is 1.30 bits per heavy atom. The molecule has 1 aromatic rings. The summed E-state index contributed by atoms with van der Waals surface area (Å²) in [6.45, 7) is -0.102. The van der Waals surface area contributed by atoms with Gasteiger partial charge in [-0.3, -0.25) is 4.79 Å². The highest BCUT2D eigenvalue weighted by Gasteiger charge is 2.39. The molecule has 0 aromatic heterocycles. The molecule has 27 heavy (non-hydrogen) atoms. The van der Waals surface area contributed by atoms with Gasteiger partial charge in [-0.1, -0.05) is 0 Å². The lowest BCUT2D eigenvalue weighted by Crippen LogP contribution is -2.42. The van der Waals surface area contributed by atoms with Crippen LogP contribution in [0.4, 0.5) is 0 Å². The van der Waals surface area contributed by atoms with Gasteiger partial charge in [0.2, 0.25) is 10.0 Å². The van der Waals surface area contributed by atoms with Gasteiger partial charge in [0, 0.05) is 25.1 Å². The first-order valence-electron chi connectivity index (χ1n) is 8.27. The van der Waals surface area contributed by atoms with Gasteiger partial charge < -0.3 is 14.6 Å². The predicted molar refractivity (Wildman–Crippen MR) is 97.4 cm³/mol. The zero-order chi connectivity index (χ0) is 20.2. The minimum atomic E-state index is -4.14. The average molecular weight is 421 g/mol. The van der Waals surface area contributed by atoms with Gasteiger partial charge in [-0.25, -0.2) is 16.8 Å². The van der Waals surface area contributed by atoms with Crippen molar-refractivity contribution in [1.29, 1.82) is 0 Å². The van der Waals surface area contributed by atoms with Gasteiger partial charge in [0.1, 0.15) is 16.4 Å². The second-order valence-corrected chi connectivity index (χ2v) is 10.3. The molecule has 0 unspecified atom stereocenters. The summed E-state index contributed by atoms with van der Waals surface area (Å²) in [6.07, 6.45) is 0.0129. The van der Waals surface area contributed by atoms with Crippen molar-refractivity contribution in [2.75, 3.05) is 32.3 Å². The van der Waals surface area contributed by atoms with Crippen LogP contribution in [0.25, 0.3) is 0 Å². The summed E-state index contributed by atoms with van der Waals surface area (Å²) in [6, 6.07) is 3.56. The van der Waals surface area contributed by atoms with E-state index in [1.807, 2.05) is 0 Å². The first-order valence-corrected chi connectivity index (χ1v) is 11.5. The van der Waals surface area contributed by atoms with Crippen LogP contribution in [0.3, 0.4) is 0 Å². The van der Waals surface area contributed by atoms with Crippen LogP contribution in [0.15, 0.2) is 23.1 Å². The fraction of sp³-hybridized carbons (Fsp3) is 0.562. The maximum absolute atomic E-state index is 13.3. The molecule has 1 N–H and O–H groups in total. The van der Waals surface area contributed by atoms with Gasteiger partial charge in [-0.2, -0.15) is 4.31 Å². The molecule has 0 radical (unpaired) electrons. The molecule has 0 spiro atoms. The topological polar surface area (TPSA) is 127 Å². The molecule has 0 aliphatic carbocycles. The smallest absolute Gasteiger partial charge is 0.303 e. The minimum absolute atomic E-state index is 0.0669. The van der Waals surface area contributed by atoms with Crippen LogP contribution in [0.2, 0.25) is 0 Å². The zero-order valence-corrected chi connectivity index (χ0v) is 16.8. The zero-order valence-electron chi connectivity index (χ0n) is 15.1. The molecule has 2 rings (SSSR count). The number of carboxylic acid groups (broad SMARTS) is 1. The summed E-state index contributed by atoms with van der Waals surface area (Å²) < 4.78 is 61.6. The van der Waals surface area contributed by atoms with Crippen LogP contribution in [-0.4, -0.2) is 70.5 Å². The number of benzene rings is 1. The third kappa shape index (κ3) is 5.11. The third-order valence-corrected chi connectivity index (χ3v) is 8.07. The first-order chi connectivity index (χ1) is 12.6. The van der Waals surface area contributed by atoms with Crippen LogP contribution in [-0.2, 0) is 24.7 Å². The van der Waals surface area contributed by atoms with Gasteiger partial charge in [0.25, 0.3) is 0 Å². The lowest BCUT2D eigenvalue weighted by molar-refractivity contribution is -0.137. The monoisotopic (exact) mass is 421 g/mol. The van der Waals surface area contributed by atoms with Gasteiger partial charge in [0.05, 0.1) is 25.7 Å². The lowest BCUT2D eigenvalue weighted by Gasteiger charge is -2.28. The fourth-order valence-electron chi connectivity index (χ4n) is 3.00. The molecule has 1 aliphatic rings. The molecule has 0 saturated carbocycles. The molecule has 0 bridgehead atoms. The molecule has 1 fully saturated rings. The van der Waals surface area contributed by atoms with E-state index in [9.17, 15) is 21.6 Å². The summed E-state index contributed by atoms with van der Waals surface area (Å²) in [4.78, 5) is 10.7. The van der Waals surface area contributed by atoms with Crippen LogP contribution < -0.4 is 9.47 Å². The molecule has 1 saturated heterocycles. The normalized spacial score (nSPS) is 19.1. The maximum Gasteiger partial charge on any atom is 0.303 e. The van der Waals surface area contributed by atoms with Gasteiger partial charge in [-0.15, -0.1) is 0 Å². The molecule has 1 aliphatic heterocycles. The van der Waals surface area contributed by atoms with E-state index in [2.05, 4.69) is 0 Å². The third-order valence-electron chi connectivity index (χ3n) is 4.34. The first kappa shape index (κ1) is 21.5. The SMILES string of the molecule is COc1ccc(OC)c(S(=O)(=O)N(CCCC(=O)O)[C@@H]2CCS(=O)(=O)C2)c1. The molecule has 0 amide bonds. The Kier molecular flexibility index (Phi) is 6.71. The molecule has 9 nitrogen and oxygen atoms in total. The maximum atomic E-state index is 13.3. The Morgan fingerprint density at radius 3 is 2.52 bits per heavy atom. The molecule has 1 aromatic carbocycles. The molecule has 152 valence electrons. The Morgan fingerprint density at radius 2 is 2.00 bits per heavy atom. The highest BCUT2D eigenvalue weighted by molar-refractivity contribution is 7.92. The van der Waals surface area contributed by atoms with E-state index >= 15 is 0 Å². The van der Waals surface area contributed by atoms with E-state index in [-0.39, 0.29) is 48.0 Å². The summed E-state index contributed by atoms with van der Waals surface area (Å²) >= 11 is 0. The van der Waals surface area contributed by atoms with Crippen LogP contribution in [0.1, 0.15) is 19.3 Å². The Hall–Kier alpha value is -1.85. The summed E-state index contributed by atoms with van der Waals surface area (Å²) in [5, 5.41) is 8.84. The van der Waals surface area contributed by atoms with E-state index in [1.165, 1.54) is 26.4 Å². The van der Waals surface area contributed by atoms with Gasteiger partial charge in [0.15, 0.2) is 9.84 Å². The lowest BCUT2D eigenvalue weighted by atomic mass is 10.2. The highest BCUT2D eigenvalue weighted by atomic mass is 32.2. The van der Waals surface area contributed by atoms with Crippen molar-refractivity contribution < 1.29 is 36.2 Å². The Balaban J connectivity index is 2.44. The van der Waals surface area contributed by atoms with Crippen molar-refractivity contribution >= 4 is 25.8 Å². The van der Waals surface area contributed by atoms with Gasteiger partial charge in [-0.05, 0) is 25.0 Å². The van der Waals surface area contributed by atoms with Crippen molar-refractivity contribution in [3.63, 3.8) is 0 Å². The second-order valence-electron chi connectivity index (χ2n) is 6.19. The number of sulfone groups is 1. The molecule has 1 atom stereocenters. The summed E-state index contributed by atoms with van der Waals surface area (Å²) in [5.74, 6) is -1.03. The molecule has 1 heterocycles. The Bertz CT molecular complexity index is 895. The fourth-order valence-corrected chi connectivity index (χ4v) is 6.69. The quantitative estimate of drug-likeness (QED) is 0.619. The number of hydrogen-bond donors (Lipinski definition) is 1. The number of sulfonamides is 1. The van der Waals surface area contributed by atoms with E-state index in [0.29, 0.717) is 5.75 Å². The second kappa shape index (κ2) is 8.44. The van der Waals surface area contributed by atoms with E-state index in [1.54, 1.807) is 6.07 Å². The number of nitrogens with zero attached hydrogens (tertiary/aromatic N) is 1. The number of rotatable bonds is 9. The van der Waals surface area contributed by atoms with Crippen LogP contribution in [0, 0.1) is 0 Å². The molecular formula is C16H23NO8S2. The summed E-state index contributed by atoms with van der Waals surface area (Å²) in [5.41, 5.74) is 0. The standard InChI is InChI=1S/C16H23NO8S2/c1-24-13-5-6-14(25-2)15(10-13)27(22,23)17(8-3-4-16(18)19)12-7-9-26(20,21)11-12/h5-6,10,12H,3-4,7-9,11H2,1-2H3,(H,18,19)/t12-/m1/s1. The number of carboxylic acids is 1. The minimum Gasteiger partial charge on any atom is -0.497 e. The van der Waals surface area contributed by atoms with Crippen LogP contribution >= 0.6 is 0 Å². The van der Waals surface area contributed by atoms with E-state index in [4.69, 9.17) is 14.6 Å². The molecule has 11 heteroatoms. The van der Waals surface area contributed by atoms with Crippen molar-refractivity contribution in [2.45, 2.75) is 30.2 Å². The van der Waals surface area contributed by atoms with Crippen molar-refractivity contribution in [3.8, 4) is 11.5 Å². The average Bonchev–Trinajstić information content (AvgIpc) is 2.97. The van der Waals surface area contributed by atoms with Gasteiger partial charge >= 0.3 is 5.97 Å². The largest absolute Gasteiger partial charge is 0.497 e. The van der Waals surface area contributed by atoms with Crippen molar-refractivity contribution in [3.05, 3.63) is 18.2 Å². The van der Waals surface area contributed by atoms with Crippen LogP contribution in [0.5, 0.6) is 11.5 Å². The van der Waals surface area contributed by atoms with Crippen molar-refractivity contribution in [1.82, 2.24) is 4.31 Å². The predicted octanol–water partition coefficient (Wildman–Crippen LogP) is 0.746. The number of ether oxygens (including phenoxy) is 2. The van der Waals surface area contributed by atoms with E-state index < -0.39 is 31.9 Å². The summed E-state index contributed by atoms with van der Waals surface area (Å²) in [7, 11) is -4.74. The Labute approximate surface area is 158 Å².